The van der Waals surface area contributed by atoms with E-state index in [0.717, 1.165) is 0 Å². The molecule has 1 rings (SSSR count). The smallest absolute Gasteiger partial charge is 0.304 e. The van der Waals surface area contributed by atoms with Crippen LogP contribution in [0.4, 0.5) is 11.4 Å². The van der Waals surface area contributed by atoms with E-state index in [1.807, 2.05) is 32.8 Å². The standard InChI is InChI=1S/C14H22N4O3/c1-5-17(10(2)9-16(3)4)14(19)11-7-6-8-12(15)13(11)18(20)21/h6-8,10H,5,9,15H2,1-4H3. The molecule has 116 valence electrons. The van der Waals surface area contributed by atoms with Crippen LogP contribution in [-0.2, 0) is 0 Å². The third-order valence-electron chi connectivity index (χ3n) is 3.24. The molecule has 0 fully saturated rings. The molecule has 1 amide bonds. The predicted molar refractivity (Wildman–Crippen MR) is 82.2 cm³/mol. The van der Waals surface area contributed by atoms with Gasteiger partial charge in [0.05, 0.1) is 4.92 Å². The number of nitro benzene ring substituents is 1. The molecule has 1 aromatic rings. The summed E-state index contributed by atoms with van der Waals surface area (Å²) in [7, 11) is 3.83. The van der Waals surface area contributed by atoms with Crippen LogP contribution in [0.5, 0.6) is 0 Å². The fourth-order valence-corrected chi connectivity index (χ4v) is 2.37. The van der Waals surface area contributed by atoms with Gasteiger partial charge in [0.2, 0.25) is 0 Å². The molecule has 1 aromatic carbocycles. The van der Waals surface area contributed by atoms with E-state index in [4.69, 9.17) is 5.73 Å². The van der Waals surface area contributed by atoms with Crippen molar-refractivity contribution in [3.8, 4) is 0 Å². The zero-order valence-electron chi connectivity index (χ0n) is 12.9. The van der Waals surface area contributed by atoms with Crippen LogP contribution in [0.3, 0.4) is 0 Å². The molecular formula is C14H22N4O3. The lowest BCUT2D eigenvalue weighted by molar-refractivity contribution is -0.384. The molecular weight excluding hydrogens is 272 g/mol. The van der Waals surface area contributed by atoms with Gasteiger partial charge in [-0.1, -0.05) is 6.07 Å². The normalized spacial score (nSPS) is 12.2. The predicted octanol–water partition coefficient (Wildman–Crippen LogP) is 1.59. The van der Waals surface area contributed by atoms with E-state index in [-0.39, 0.29) is 28.9 Å². The zero-order chi connectivity index (χ0) is 16.2. The molecule has 2 N–H and O–H groups in total. The van der Waals surface area contributed by atoms with Crippen molar-refractivity contribution in [2.24, 2.45) is 0 Å². The van der Waals surface area contributed by atoms with Crippen LogP contribution >= 0.6 is 0 Å². The fourth-order valence-electron chi connectivity index (χ4n) is 2.37. The van der Waals surface area contributed by atoms with Crippen molar-refractivity contribution in [1.82, 2.24) is 9.80 Å². The summed E-state index contributed by atoms with van der Waals surface area (Å²) in [5.41, 5.74) is 5.35. The van der Waals surface area contributed by atoms with Gasteiger partial charge in [0.25, 0.3) is 5.91 Å². The molecule has 0 saturated carbocycles. The molecule has 1 atom stereocenters. The van der Waals surface area contributed by atoms with Gasteiger partial charge in [0, 0.05) is 19.1 Å². The number of nitrogen functional groups attached to an aromatic ring is 1. The maximum absolute atomic E-state index is 12.6. The average molecular weight is 294 g/mol. The fraction of sp³-hybridized carbons (Fsp3) is 0.500. The van der Waals surface area contributed by atoms with Gasteiger partial charge in [-0.25, -0.2) is 0 Å². The highest BCUT2D eigenvalue weighted by atomic mass is 16.6. The van der Waals surface area contributed by atoms with E-state index in [9.17, 15) is 14.9 Å². The van der Waals surface area contributed by atoms with Gasteiger partial charge in [-0.05, 0) is 40.1 Å². The first-order valence-corrected chi connectivity index (χ1v) is 6.78. The highest BCUT2D eigenvalue weighted by Gasteiger charge is 2.28. The van der Waals surface area contributed by atoms with Crippen LogP contribution in [-0.4, -0.2) is 53.9 Å². The molecule has 0 bridgehead atoms. The maximum Gasteiger partial charge on any atom is 0.304 e. The maximum atomic E-state index is 12.6. The second-order valence-corrected chi connectivity index (χ2v) is 5.20. The molecule has 0 radical (unpaired) electrons. The van der Waals surface area contributed by atoms with Crippen molar-refractivity contribution < 1.29 is 9.72 Å². The lowest BCUT2D eigenvalue weighted by atomic mass is 10.1. The molecule has 0 heterocycles. The number of carbonyl (C=O) groups is 1. The van der Waals surface area contributed by atoms with Crippen molar-refractivity contribution in [2.45, 2.75) is 19.9 Å². The number of para-hydroxylation sites is 1. The summed E-state index contributed by atoms with van der Waals surface area (Å²) in [6, 6.07) is 4.37. The summed E-state index contributed by atoms with van der Waals surface area (Å²) in [6.45, 7) is 4.91. The molecule has 0 aliphatic carbocycles. The van der Waals surface area contributed by atoms with Gasteiger partial charge in [-0.2, -0.15) is 0 Å². The molecule has 0 spiro atoms. The summed E-state index contributed by atoms with van der Waals surface area (Å²) in [6.07, 6.45) is 0. The van der Waals surface area contributed by atoms with Crippen molar-refractivity contribution in [2.75, 3.05) is 32.9 Å². The molecule has 0 saturated heterocycles. The molecule has 0 aliphatic rings. The van der Waals surface area contributed by atoms with Crippen molar-refractivity contribution in [3.05, 3.63) is 33.9 Å². The summed E-state index contributed by atoms with van der Waals surface area (Å²) >= 11 is 0. The SMILES string of the molecule is CCN(C(=O)c1cccc(N)c1[N+](=O)[O-])C(C)CN(C)C. The molecule has 0 aliphatic heterocycles. The largest absolute Gasteiger partial charge is 0.393 e. The Morgan fingerprint density at radius 1 is 1.43 bits per heavy atom. The molecule has 21 heavy (non-hydrogen) atoms. The Labute approximate surface area is 124 Å². The number of carbonyl (C=O) groups excluding carboxylic acids is 1. The Balaban J connectivity index is 3.17. The summed E-state index contributed by atoms with van der Waals surface area (Å²) in [4.78, 5) is 26.8. The van der Waals surface area contributed by atoms with Gasteiger partial charge in [0.15, 0.2) is 0 Å². The lowest BCUT2D eigenvalue weighted by Crippen LogP contribution is -2.43. The Bertz CT molecular complexity index is 531. The van der Waals surface area contributed by atoms with Crippen LogP contribution in [0.15, 0.2) is 18.2 Å². The minimum absolute atomic E-state index is 0.00201. The first-order chi connectivity index (χ1) is 9.79. The molecule has 7 heteroatoms. The third kappa shape index (κ3) is 3.91. The Hall–Kier alpha value is -2.15. The van der Waals surface area contributed by atoms with E-state index >= 15 is 0 Å². The number of rotatable bonds is 6. The van der Waals surface area contributed by atoms with Crippen molar-refractivity contribution in [3.63, 3.8) is 0 Å². The zero-order valence-corrected chi connectivity index (χ0v) is 12.9. The number of likely N-dealkylation sites (N-methyl/N-ethyl adjacent to an activating group) is 2. The second-order valence-electron chi connectivity index (χ2n) is 5.20. The average Bonchev–Trinajstić information content (AvgIpc) is 2.37. The lowest BCUT2D eigenvalue weighted by Gasteiger charge is -2.30. The monoisotopic (exact) mass is 294 g/mol. The highest BCUT2D eigenvalue weighted by Crippen LogP contribution is 2.27. The number of nitrogens with two attached hydrogens (primary N) is 1. The Morgan fingerprint density at radius 3 is 2.52 bits per heavy atom. The number of amides is 1. The van der Waals surface area contributed by atoms with Gasteiger partial charge < -0.3 is 15.5 Å². The van der Waals surface area contributed by atoms with Crippen LogP contribution in [0.2, 0.25) is 0 Å². The van der Waals surface area contributed by atoms with E-state index in [2.05, 4.69) is 0 Å². The number of hydrogen-bond donors (Lipinski definition) is 1. The molecule has 0 aromatic heterocycles. The van der Waals surface area contributed by atoms with Crippen LogP contribution in [0.1, 0.15) is 24.2 Å². The van der Waals surface area contributed by atoms with E-state index < -0.39 is 4.92 Å². The number of anilines is 1. The minimum Gasteiger partial charge on any atom is -0.393 e. The quantitative estimate of drug-likeness (QED) is 0.488. The second kappa shape index (κ2) is 7.03. The van der Waals surface area contributed by atoms with E-state index in [1.54, 1.807) is 11.0 Å². The van der Waals surface area contributed by atoms with Gasteiger partial charge >= 0.3 is 5.69 Å². The first-order valence-electron chi connectivity index (χ1n) is 6.78. The summed E-state index contributed by atoms with van der Waals surface area (Å²) in [5, 5.41) is 11.2. The Morgan fingerprint density at radius 2 is 2.05 bits per heavy atom. The minimum atomic E-state index is -0.604. The topological polar surface area (TPSA) is 92.7 Å². The first kappa shape index (κ1) is 16.9. The van der Waals surface area contributed by atoms with Crippen LogP contribution < -0.4 is 5.73 Å². The van der Waals surface area contributed by atoms with Gasteiger partial charge in [0.1, 0.15) is 11.3 Å². The van der Waals surface area contributed by atoms with Crippen LogP contribution in [0.25, 0.3) is 0 Å². The number of nitro groups is 1. The van der Waals surface area contributed by atoms with E-state index in [0.29, 0.717) is 13.1 Å². The summed E-state index contributed by atoms with van der Waals surface area (Å²) < 4.78 is 0. The highest BCUT2D eigenvalue weighted by molar-refractivity contribution is 6.00. The van der Waals surface area contributed by atoms with Gasteiger partial charge in [-0.15, -0.1) is 0 Å². The van der Waals surface area contributed by atoms with Crippen molar-refractivity contribution >= 4 is 17.3 Å². The molecule has 7 nitrogen and oxygen atoms in total. The van der Waals surface area contributed by atoms with Gasteiger partial charge in [-0.3, -0.25) is 14.9 Å². The van der Waals surface area contributed by atoms with Crippen molar-refractivity contribution in [1.29, 1.82) is 0 Å². The number of benzene rings is 1. The van der Waals surface area contributed by atoms with Crippen LogP contribution in [0, 0.1) is 10.1 Å². The number of nitrogens with zero attached hydrogens (tertiary/aromatic N) is 3. The van der Waals surface area contributed by atoms with E-state index in [1.165, 1.54) is 12.1 Å². The number of hydrogen-bond acceptors (Lipinski definition) is 5. The third-order valence-corrected chi connectivity index (χ3v) is 3.24. The summed E-state index contributed by atoms with van der Waals surface area (Å²) in [5.74, 6) is -0.370. The molecule has 1 unspecified atom stereocenters. The Kier molecular flexibility index (Phi) is 5.66.